The third-order valence-electron chi connectivity index (χ3n) is 5.77. The second kappa shape index (κ2) is 11.4. The van der Waals surface area contributed by atoms with Crippen LogP contribution in [0.5, 0.6) is 5.75 Å². The second-order valence-corrected chi connectivity index (χ2v) is 9.03. The molecule has 3 rings (SSSR count). The molecule has 0 radical (unpaired) electrons. The first kappa shape index (κ1) is 24.9. The van der Waals surface area contributed by atoms with Crippen molar-refractivity contribution >= 4 is 6.03 Å². The number of hydrogen-bond donors (Lipinski definition) is 1. The van der Waals surface area contributed by atoms with E-state index in [-0.39, 0.29) is 30.7 Å². The summed E-state index contributed by atoms with van der Waals surface area (Å²) in [5.74, 6) is -2.05. The Kier molecular flexibility index (Phi) is 8.61. The van der Waals surface area contributed by atoms with E-state index in [1.807, 2.05) is 31.3 Å². The van der Waals surface area contributed by atoms with E-state index < -0.39 is 17.5 Å². The van der Waals surface area contributed by atoms with Gasteiger partial charge in [-0.05, 0) is 62.7 Å². The Hall–Kier alpha value is -2.74. The van der Waals surface area contributed by atoms with E-state index in [1.165, 1.54) is 4.90 Å². The number of nitrogens with one attached hydrogen (secondary N) is 1. The fourth-order valence-corrected chi connectivity index (χ4v) is 3.79. The number of urea groups is 1. The van der Waals surface area contributed by atoms with Gasteiger partial charge in [0.1, 0.15) is 11.6 Å². The van der Waals surface area contributed by atoms with Gasteiger partial charge in [-0.3, -0.25) is 0 Å². The molecule has 33 heavy (non-hydrogen) atoms. The number of piperidine rings is 1. The Bertz CT molecular complexity index is 929. The molecule has 5 nitrogen and oxygen atoms in total. The van der Waals surface area contributed by atoms with Crippen LogP contribution in [-0.2, 0) is 13.1 Å². The summed E-state index contributed by atoms with van der Waals surface area (Å²) in [6.07, 6.45) is 1.44. The smallest absolute Gasteiger partial charge is 0.318 e. The van der Waals surface area contributed by atoms with Crippen molar-refractivity contribution in [3.8, 4) is 5.75 Å². The molecule has 0 atom stereocenters. The lowest BCUT2D eigenvalue weighted by Gasteiger charge is -2.37. The van der Waals surface area contributed by atoms with Crippen molar-refractivity contribution in [2.24, 2.45) is 5.92 Å². The molecule has 1 fully saturated rings. The normalized spacial score (nSPS) is 15.0. The summed E-state index contributed by atoms with van der Waals surface area (Å²) in [6.45, 7) is 6.53. The summed E-state index contributed by atoms with van der Waals surface area (Å²) in [5, 5.41) is 2.89. The van der Waals surface area contributed by atoms with Gasteiger partial charge in [-0.25, -0.2) is 18.0 Å². The molecule has 0 aliphatic carbocycles. The van der Waals surface area contributed by atoms with E-state index in [4.69, 9.17) is 4.74 Å². The van der Waals surface area contributed by atoms with Crippen molar-refractivity contribution < 1.29 is 22.7 Å². The zero-order chi connectivity index (χ0) is 24.0. The number of ether oxygens (including phenoxy) is 1. The molecule has 1 aliphatic rings. The van der Waals surface area contributed by atoms with Gasteiger partial charge in [0.15, 0.2) is 11.6 Å². The molecule has 1 aliphatic heterocycles. The highest BCUT2D eigenvalue weighted by Crippen LogP contribution is 2.22. The van der Waals surface area contributed by atoms with Gasteiger partial charge in [0, 0.05) is 24.2 Å². The van der Waals surface area contributed by atoms with Crippen LogP contribution < -0.4 is 10.1 Å². The summed E-state index contributed by atoms with van der Waals surface area (Å²) < 4.78 is 47.1. The molecular formula is C25H32F3N3O2. The van der Waals surface area contributed by atoms with Crippen molar-refractivity contribution in [1.82, 2.24) is 15.1 Å². The molecule has 0 bridgehead atoms. The van der Waals surface area contributed by atoms with Crippen LogP contribution in [0.2, 0.25) is 0 Å². The Balaban J connectivity index is 1.68. The number of carbonyl (C=O) groups is 1. The van der Waals surface area contributed by atoms with Gasteiger partial charge in [-0.15, -0.1) is 0 Å². The Morgan fingerprint density at radius 2 is 1.73 bits per heavy atom. The van der Waals surface area contributed by atoms with Crippen LogP contribution in [-0.4, -0.2) is 48.6 Å². The SMILES string of the molecule is CC(C)COc1ccc(CNC(=O)N(Cc2cc(F)c(F)cc2F)C2CCN(C)CC2)cc1. The number of hydrogen-bond acceptors (Lipinski definition) is 3. The van der Waals surface area contributed by atoms with Crippen molar-refractivity contribution in [2.45, 2.75) is 45.8 Å². The van der Waals surface area contributed by atoms with Gasteiger partial charge < -0.3 is 19.9 Å². The van der Waals surface area contributed by atoms with E-state index in [9.17, 15) is 18.0 Å². The Morgan fingerprint density at radius 3 is 2.36 bits per heavy atom. The average Bonchev–Trinajstić information content (AvgIpc) is 2.79. The van der Waals surface area contributed by atoms with Crippen molar-refractivity contribution in [2.75, 3.05) is 26.7 Å². The summed E-state index contributed by atoms with van der Waals surface area (Å²) in [7, 11) is 2.00. The van der Waals surface area contributed by atoms with E-state index in [0.717, 1.165) is 43.3 Å². The molecule has 2 aromatic rings. The van der Waals surface area contributed by atoms with Crippen LogP contribution in [0.3, 0.4) is 0 Å². The number of likely N-dealkylation sites (tertiary alicyclic amines) is 1. The summed E-state index contributed by atoms with van der Waals surface area (Å²) in [4.78, 5) is 16.8. The molecular weight excluding hydrogens is 431 g/mol. The first-order valence-electron chi connectivity index (χ1n) is 11.3. The van der Waals surface area contributed by atoms with E-state index in [1.54, 1.807) is 0 Å². The van der Waals surface area contributed by atoms with Gasteiger partial charge in [-0.1, -0.05) is 26.0 Å². The van der Waals surface area contributed by atoms with Gasteiger partial charge >= 0.3 is 6.03 Å². The number of amides is 2. The van der Waals surface area contributed by atoms with Crippen LogP contribution in [0.1, 0.15) is 37.8 Å². The van der Waals surface area contributed by atoms with E-state index >= 15 is 0 Å². The molecule has 1 heterocycles. The molecule has 0 spiro atoms. The van der Waals surface area contributed by atoms with Gasteiger partial charge in [-0.2, -0.15) is 0 Å². The molecule has 0 aromatic heterocycles. The molecule has 2 amide bonds. The number of carbonyl (C=O) groups excluding carboxylic acids is 1. The molecule has 8 heteroatoms. The van der Waals surface area contributed by atoms with Crippen LogP contribution in [0.25, 0.3) is 0 Å². The monoisotopic (exact) mass is 463 g/mol. The highest BCUT2D eigenvalue weighted by atomic mass is 19.2. The predicted octanol–water partition coefficient (Wildman–Crippen LogP) is 4.94. The van der Waals surface area contributed by atoms with Gasteiger partial charge in [0.05, 0.1) is 13.2 Å². The lowest BCUT2D eigenvalue weighted by molar-refractivity contribution is 0.126. The van der Waals surface area contributed by atoms with Crippen molar-refractivity contribution in [3.63, 3.8) is 0 Å². The summed E-state index contributed by atoms with van der Waals surface area (Å²) in [6, 6.07) is 8.34. The van der Waals surface area contributed by atoms with Crippen LogP contribution in [0.15, 0.2) is 36.4 Å². The minimum Gasteiger partial charge on any atom is -0.493 e. The maximum absolute atomic E-state index is 14.3. The van der Waals surface area contributed by atoms with Gasteiger partial charge in [0.2, 0.25) is 0 Å². The topological polar surface area (TPSA) is 44.8 Å². The predicted molar refractivity (Wildman–Crippen MR) is 121 cm³/mol. The van der Waals surface area contributed by atoms with Gasteiger partial charge in [0.25, 0.3) is 0 Å². The Labute approximate surface area is 193 Å². The molecule has 180 valence electrons. The zero-order valence-electron chi connectivity index (χ0n) is 19.4. The number of benzene rings is 2. The first-order valence-corrected chi connectivity index (χ1v) is 11.3. The van der Waals surface area contributed by atoms with Crippen LogP contribution >= 0.6 is 0 Å². The number of nitrogens with zero attached hydrogens (tertiary/aromatic N) is 2. The largest absolute Gasteiger partial charge is 0.493 e. The Morgan fingerprint density at radius 1 is 1.09 bits per heavy atom. The zero-order valence-corrected chi connectivity index (χ0v) is 19.4. The minimum absolute atomic E-state index is 0.0466. The van der Waals surface area contributed by atoms with Crippen LogP contribution in [0.4, 0.5) is 18.0 Å². The molecule has 1 saturated heterocycles. The number of halogens is 3. The summed E-state index contributed by atoms with van der Waals surface area (Å²) in [5.41, 5.74) is 0.845. The quantitative estimate of drug-likeness (QED) is 0.564. The molecule has 2 aromatic carbocycles. The lowest BCUT2D eigenvalue weighted by Crippen LogP contribution is -2.49. The fraction of sp³-hybridized carbons (Fsp3) is 0.480. The van der Waals surface area contributed by atoms with Crippen molar-refractivity contribution in [1.29, 1.82) is 0 Å². The van der Waals surface area contributed by atoms with E-state index in [0.29, 0.717) is 18.6 Å². The first-order chi connectivity index (χ1) is 15.7. The highest BCUT2D eigenvalue weighted by Gasteiger charge is 2.28. The number of rotatable bonds is 8. The standard InChI is InChI=1S/C25H32F3N3O2/c1-17(2)16-33-21-6-4-18(5-7-21)14-29-25(32)31(20-8-10-30(3)11-9-20)15-19-12-23(27)24(28)13-22(19)26/h4-7,12-13,17,20H,8-11,14-16H2,1-3H3,(H,29,32). The third-order valence-corrected chi connectivity index (χ3v) is 5.77. The maximum atomic E-state index is 14.3. The maximum Gasteiger partial charge on any atom is 0.318 e. The molecule has 1 N–H and O–H groups in total. The summed E-state index contributed by atoms with van der Waals surface area (Å²) >= 11 is 0. The minimum atomic E-state index is -1.24. The highest BCUT2D eigenvalue weighted by molar-refractivity contribution is 5.74. The van der Waals surface area contributed by atoms with Crippen LogP contribution in [0, 0.1) is 23.4 Å². The third kappa shape index (κ3) is 7.12. The molecule has 0 saturated carbocycles. The lowest BCUT2D eigenvalue weighted by atomic mass is 10.0. The van der Waals surface area contributed by atoms with Crippen molar-refractivity contribution in [3.05, 3.63) is 65.0 Å². The molecule has 0 unspecified atom stereocenters. The van der Waals surface area contributed by atoms with E-state index in [2.05, 4.69) is 24.1 Å². The average molecular weight is 464 g/mol. The fourth-order valence-electron chi connectivity index (χ4n) is 3.79. The second-order valence-electron chi connectivity index (χ2n) is 9.03.